The van der Waals surface area contributed by atoms with E-state index in [4.69, 9.17) is 9.84 Å². The van der Waals surface area contributed by atoms with Crippen LogP contribution in [0.15, 0.2) is 54.6 Å². The molecule has 1 saturated heterocycles. The van der Waals surface area contributed by atoms with Crippen molar-refractivity contribution in [2.24, 2.45) is 0 Å². The molecular formula is C24H27N3O2S. The van der Waals surface area contributed by atoms with Gasteiger partial charge in [-0.2, -0.15) is 16.9 Å². The zero-order valence-electron chi connectivity index (χ0n) is 17.5. The Labute approximate surface area is 182 Å². The van der Waals surface area contributed by atoms with Crippen LogP contribution in [0.5, 0.6) is 11.6 Å². The molecule has 2 heterocycles. The molecule has 156 valence electrons. The highest BCUT2D eigenvalue weighted by molar-refractivity contribution is 7.99. The van der Waals surface area contributed by atoms with E-state index in [2.05, 4.69) is 19.1 Å². The quantitative estimate of drug-likeness (QED) is 0.574. The molecule has 4 rings (SSSR count). The largest absolute Gasteiger partial charge is 0.439 e. The highest BCUT2D eigenvalue weighted by atomic mass is 32.2. The Morgan fingerprint density at radius 2 is 1.83 bits per heavy atom. The van der Waals surface area contributed by atoms with Crippen molar-refractivity contribution in [2.75, 3.05) is 24.6 Å². The van der Waals surface area contributed by atoms with Crippen LogP contribution in [0.1, 0.15) is 23.2 Å². The molecule has 0 atom stereocenters. The van der Waals surface area contributed by atoms with E-state index in [0.29, 0.717) is 18.7 Å². The summed E-state index contributed by atoms with van der Waals surface area (Å²) in [6.07, 6.45) is 1.08. The van der Waals surface area contributed by atoms with E-state index in [9.17, 15) is 4.79 Å². The molecule has 1 amide bonds. The topological polar surface area (TPSA) is 47.4 Å². The number of rotatable bonds is 6. The number of aryl methyl sites for hydroxylation is 2. The molecule has 1 aliphatic heterocycles. The predicted octanol–water partition coefficient (Wildman–Crippen LogP) is 4.79. The maximum Gasteiger partial charge on any atom is 0.226 e. The molecule has 5 nitrogen and oxygen atoms in total. The number of hydrogen-bond donors (Lipinski definition) is 0. The highest BCUT2D eigenvalue weighted by Crippen LogP contribution is 2.32. The lowest BCUT2D eigenvalue weighted by molar-refractivity contribution is -0.130. The van der Waals surface area contributed by atoms with Crippen molar-refractivity contribution in [3.05, 3.63) is 71.4 Å². The predicted molar refractivity (Wildman–Crippen MR) is 122 cm³/mol. The lowest BCUT2D eigenvalue weighted by Gasteiger charge is -2.26. The molecule has 0 aliphatic carbocycles. The van der Waals surface area contributed by atoms with Crippen LogP contribution in [0, 0.1) is 13.8 Å². The SMILES string of the molecule is Cc1cccc(-n2nc(C)c(CCC(=O)N3CCSCC3)c2Oc2ccccc2)c1. The Morgan fingerprint density at radius 3 is 2.57 bits per heavy atom. The minimum Gasteiger partial charge on any atom is -0.439 e. The standard InChI is InChI=1S/C24H27N3O2S/c1-18-7-6-8-20(17-18)27-24(29-21-9-4-3-5-10-21)22(19(2)25-27)11-12-23(28)26-13-15-30-16-14-26/h3-10,17H,11-16H2,1-2H3. The summed E-state index contributed by atoms with van der Waals surface area (Å²) in [5.74, 6) is 3.71. The van der Waals surface area contributed by atoms with Crippen LogP contribution in [-0.2, 0) is 11.2 Å². The Bertz CT molecular complexity index is 1010. The van der Waals surface area contributed by atoms with Gasteiger partial charge in [-0.25, -0.2) is 4.68 Å². The van der Waals surface area contributed by atoms with Gasteiger partial charge < -0.3 is 9.64 Å². The Balaban J connectivity index is 1.64. The molecule has 3 aromatic rings. The number of nitrogens with zero attached hydrogens (tertiary/aromatic N) is 3. The van der Waals surface area contributed by atoms with Gasteiger partial charge >= 0.3 is 0 Å². The summed E-state index contributed by atoms with van der Waals surface area (Å²) < 4.78 is 8.16. The maximum absolute atomic E-state index is 12.7. The van der Waals surface area contributed by atoms with Gasteiger partial charge in [0.15, 0.2) is 0 Å². The lowest BCUT2D eigenvalue weighted by atomic mass is 10.1. The summed E-state index contributed by atoms with van der Waals surface area (Å²) in [6, 6.07) is 17.9. The second kappa shape index (κ2) is 9.39. The van der Waals surface area contributed by atoms with Crippen LogP contribution in [0.25, 0.3) is 5.69 Å². The molecule has 0 N–H and O–H groups in total. The third-order valence-electron chi connectivity index (χ3n) is 5.29. The molecule has 2 aromatic carbocycles. The number of ether oxygens (including phenoxy) is 1. The number of carbonyl (C=O) groups is 1. The van der Waals surface area contributed by atoms with Gasteiger partial charge in [-0.1, -0.05) is 30.3 Å². The number of hydrogen-bond acceptors (Lipinski definition) is 4. The van der Waals surface area contributed by atoms with E-state index in [0.717, 1.165) is 52.9 Å². The summed E-state index contributed by atoms with van der Waals surface area (Å²) in [5.41, 5.74) is 3.99. The molecular weight excluding hydrogens is 394 g/mol. The molecule has 1 aliphatic rings. The number of amides is 1. The minimum absolute atomic E-state index is 0.212. The fraction of sp³-hybridized carbons (Fsp3) is 0.333. The Morgan fingerprint density at radius 1 is 1.07 bits per heavy atom. The van der Waals surface area contributed by atoms with E-state index in [1.54, 1.807) is 0 Å². The van der Waals surface area contributed by atoms with Gasteiger partial charge in [0.2, 0.25) is 11.8 Å². The summed E-state index contributed by atoms with van der Waals surface area (Å²) in [5, 5.41) is 4.77. The lowest BCUT2D eigenvalue weighted by Crippen LogP contribution is -2.38. The molecule has 6 heteroatoms. The van der Waals surface area contributed by atoms with Gasteiger partial charge in [-0.15, -0.1) is 0 Å². The first kappa shape index (κ1) is 20.5. The van der Waals surface area contributed by atoms with E-state index in [1.807, 2.05) is 70.7 Å². The molecule has 0 saturated carbocycles. The average Bonchev–Trinajstić information content (AvgIpc) is 3.08. The van der Waals surface area contributed by atoms with Crippen LogP contribution in [0.3, 0.4) is 0 Å². The van der Waals surface area contributed by atoms with Crippen molar-refractivity contribution in [2.45, 2.75) is 26.7 Å². The third kappa shape index (κ3) is 4.70. The van der Waals surface area contributed by atoms with Gasteiger partial charge in [0, 0.05) is 36.6 Å². The van der Waals surface area contributed by atoms with Gasteiger partial charge in [-0.3, -0.25) is 4.79 Å². The fourth-order valence-electron chi connectivity index (χ4n) is 3.67. The molecule has 30 heavy (non-hydrogen) atoms. The second-order valence-electron chi connectivity index (χ2n) is 7.53. The molecule has 1 fully saturated rings. The Kier molecular flexibility index (Phi) is 6.43. The zero-order valence-corrected chi connectivity index (χ0v) is 18.3. The smallest absolute Gasteiger partial charge is 0.226 e. The van der Waals surface area contributed by atoms with Crippen LogP contribution < -0.4 is 4.74 Å². The van der Waals surface area contributed by atoms with Crippen LogP contribution in [-0.4, -0.2) is 45.2 Å². The van der Waals surface area contributed by atoms with Gasteiger partial charge in [0.25, 0.3) is 0 Å². The van der Waals surface area contributed by atoms with Gasteiger partial charge in [0.1, 0.15) is 5.75 Å². The average molecular weight is 422 g/mol. The van der Waals surface area contributed by atoms with Crippen molar-refractivity contribution in [3.63, 3.8) is 0 Å². The minimum atomic E-state index is 0.212. The van der Waals surface area contributed by atoms with E-state index in [1.165, 1.54) is 0 Å². The van der Waals surface area contributed by atoms with Crippen molar-refractivity contribution in [1.82, 2.24) is 14.7 Å². The molecule has 0 radical (unpaired) electrons. The molecule has 1 aromatic heterocycles. The monoisotopic (exact) mass is 421 g/mol. The number of carbonyl (C=O) groups excluding carboxylic acids is 1. The highest BCUT2D eigenvalue weighted by Gasteiger charge is 2.22. The molecule has 0 unspecified atom stereocenters. The van der Waals surface area contributed by atoms with Crippen molar-refractivity contribution < 1.29 is 9.53 Å². The molecule has 0 spiro atoms. The fourth-order valence-corrected chi connectivity index (χ4v) is 4.57. The van der Waals surface area contributed by atoms with Crippen molar-refractivity contribution in [1.29, 1.82) is 0 Å². The number of thioether (sulfide) groups is 1. The third-order valence-corrected chi connectivity index (χ3v) is 6.24. The first-order chi connectivity index (χ1) is 14.6. The second-order valence-corrected chi connectivity index (χ2v) is 8.75. The van der Waals surface area contributed by atoms with E-state index in [-0.39, 0.29) is 5.91 Å². The van der Waals surface area contributed by atoms with Gasteiger partial charge in [0.05, 0.1) is 11.4 Å². The van der Waals surface area contributed by atoms with Crippen molar-refractivity contribution >= 4 is 17.7 Å². The molecule has 0 bridgehead atoms. The summed E-state index contributed by atoms with van der Waals surface area (Å²) >= 11 is 1.91. The first-order valence-electron chi connectivity index (χ1n) is 10.4. The first-order valence-corrected chi connectivity index (χ1v) is 11.5. The number of para-hydroxylation sites is 1. The van der Waals surface area contributed by atoms with Crippen LogP contribution in [0.2, 0.25) is 0 Å². The number of aromatic nitrogens is 2. The van der Waals surface area contributed by atoms with E-state index >= 15 is 0 Å². The maximum atomic E-state index is 12.7. The van der Waals surface area contributed by atoms with Crippen molar-refractivity contribution in [3.8, 4) is 17.3 Å². The summed E-state index contributed by atoms with van der Waals surface area (Å²) in [4.78, 5) is 14.7. The van der Waals surface area contributed by atoms with Crippen LogP contribution in [0.4, 0.5) is 0 Å². The zero-order chi connectivity index (χ0) is 20.9. The summed E-state index contributed by atoms with van der Waals surface area (Å²) in [7, 11) is 0. The number of benzene rings is 2. The van der Waals surface area contributed by atoms with Gasteiger partial charge in [-0.05, 0) is 50.1 Å². The van der Waals surface area contributed by atoms with E-state index < -0.39 is 0 Å². The summed E-state index contributed by atoms with van der Waals surface area (Å²) in [6.45, 7) is 5.74. The Hall–Kier alpha value is -2.73. The van der Waals surface area contributed by atoms with Crippen LogP contribution >= 0.6 is 11.8 Å². The normalized spacial score (nSPS) is 14.0.